The number of nitriles is 1. The summed E-state index contributed by atoms with van der Waals surface area (Å²) in [5, 5.41) is 8.79. The second kappa shape index (κ2) is 4.39. The van der Waals surface area contributed by atoms with Gasteiger partial charge in [0, 0.05) is 11.8 Å². The largest absolute Gasteiger partial charge is 0.297 e. The Bertz CT molecular complexity index is 794. The summed E-state index contributed by atoms with van der Waals surface area (Å²) in [6.45, 7) is 0. The number of rotatable bonds is 2. The maximum Gasteiger partial charge on any atom is 0.169 e. The highest BCUT2D eigenvalue weighted by Crippen LogP contribution is 2.23. The van der Waals surface area contributed by atoms with Crippen LogP contribution < -0.4 is 0 Å². The molecule has 0 saturated heterocycles. The Morgan fingerprint density at radius 2 is 1.95 bits per heavy atom. The highest BCUT2D eigenvalue weighted by Gasteiger charge is 2.12. The molecule has 3 aromatic rings. The van der Waals surface area contributed by atoms with Crippen LogP contribution in [0.2, 0.25) is 0 Å². The Morgan fingerprint density at radius 3 is 2.63 bits per heavy atom. The molecule has 0 bridgehead atoms. The quantitative estimate of drug-likeness (QED) is 0.654. The van der Waals surface area contributed by atoms with Crippen molar-refractivity contribution in [2.75, 3.05) is 0 Å². The van der Waals surface area contributed by atoms with E-state index in [1.165, 1.54) is 0 Å². The Kier molecular flexibility index (Phi) is 2.58. The molecule has 0 N–H and O–H groups in total. The fourth-order valence-electron chi connectivity index (χ4n) is 2.04. The first-order valence-electron chi connectivity index (χ1n) is 5.76. The molecule has 2 aromatic heterocycles. The molecule has 0 unspecified atom stereocenters. The van der Waals surface area contributed by atoms with Gasteiger partial charge in [-0.3, -0.25) is 9.20 Å². The van der Waals surface area contributed by atoms with Crippen LogP contribution in [0.3, 0.4) is 0 Å². The Hall–Kier alpha value is -2.93. The van der Waals surface area contributed by atoms with E-state index in [0.717, 1.165) is 17.5 Å². The molecule has 0 amide bonds. The number of pyridine rings is 1. The first-order valence-corrected chi connectivity index (χ1v) is 5.76. The summed E-state index contributed by atoms with van der Waals surface area (Å²) in [7, 11) is 0. The SMILES string of the molecule is N#Cc1ccc(-c2nc3ccccn3c2C=O)cc1. The summed E-state index contributed by atoms with van der Waals surface area (Å²) in [6.07, 6.45) is 2.60. The minimum absolute atomic E-state index is 0.514. The number of aromatic nitrogens is 2. The number of carbonyl (C=O) groups excluding carboxylic acids is 1. The number of imidazole rings is 1. The van der Waals surface area contributed by atoms with Crippen molar-refractivity contribution >= 4 is 11.9 Å². The summed E-state index contributed by atoms with van der Waals surface area (Å²) >= 11 is 0. The molecule has 1 aromatic carbocycles. The minimum Gasteiger partial charge on any atom is -0.297 e. The lowest BCUT2D eigenvalue weighted by atomic mass is 10.1. The van der Waals surface area contributed by atoms with E-state index in [4.69, 9.17) is 5.26 Å². The second-order valence-corrected chi connectivity index (χ2v) is 4.08. The zero-order valence-electron chi connectivity index (χ0n) is 9.95. The lowest BCUT2D eigenvalue weighted by molar-refractivity contribution is 0.111. The van der Waals surface area contributed by atoms with Gasteiger partial charge in [-0.2, -0.15) is 5.26 Å². The van der Waals surface area contributed by atoms with Gasteiger partial charge < -0.3 is 0 Å². The Labute approximate surface area is 109 Å². The van der Waals surface area contributed by atoms with Gasteiger partial charge in [0.25, 0.3) is 0 Å². The predicted molar refractivity (Wildman–Crippen MR) is 70.7 cm³/mol. The maximum absolute atomic E-state index is 11.3. The molecule has 0 radical (unpaired) electrons. The number of fused-ring (bicyclic) bond motifs is 1. The first-order chi connectivity index (χ1) is 9.33. The lowest BCUT2D eigenvalue weighted by Crippen LogP contribution is -1.91. The van der Waals surface area contributed by atoms with Gasteiger partial charge in [0.15, 0.2) is 6.29 Å². The summed E-state index contributed by atoms with van der Waals surface area (Å²) in [6, 6.07) is 14.7. The summed E-state index contributed by atoms with van der Waals surface area (Å²) in [4.78, 5) is 15.7. The van der Waals surface area contributed by atoms with Crippen molar-refractivity contribution in [1.29, 1.82) is 5.26 Å². The Morgan fingerprint density at radius 1 is 1.16 bits per heavy atom. The molecule has 19 heavy (non-hydrogen) atoms. The van der Waals surface area contributed by atoms with Crippen LogP contribution in [0.1, 0.15) is 16.1 Å². The van der Waals surface area contributed by atoms with Gasteiger partial charge in [0.1, 0.15) is 17.0 Å². The third kappa shape index (κ3) is 1.78. The molecule has 0 fully saturated rings. The van der Waals surface area contributed by atoms with Gasteiger partial charge in [-0.15, -0.1) is 0 Å². The van der Waals surface area contributed by atoms with E-state index < -0.39 is 0 Å². The zero-order chi connectivity index (χ0) is 13.2. The molecule has 0 spiro atoms. The van der Waals surface area contributed by atoms with Crippen molar-refractivity contribution in [2.45, 2.75) is 0 Å². The van der Waals surface area contributed by atoms with Crippen molar-refractivity contribution in [2.24, 2.45) is 0 Å². The van der Waals surface area contributed by atoms with E-state index in [-0.39, 0.29) is 0 Å². The number of nitrogens with zero attached hydrogens (tertiary/aromatic N) is 3. The van der Waals surface area contributed by atoms with Gasteiger partial charge in [0.2, 0.25) is 0 Å². The summed E-state index contributed by atoms with van der Waals surface area (Å²) in [5.74, 6) is 0. The van der Waals surface area contributed by atoms with Crippen molar-refractivity contribution in [1.82, 2.24) is 9.38 Å². The van der Waals surface area contributed by atoms with Crippen LogP contribution in [0.4, 0.5) is 0 Å². The zero-order valence-corrected chi connectivity index (χ0v) is 9.95. The van der Waals surface area contributed by atoms with Crippen LogP contribution in [-0.4, -0.2) is 15.7 Å². The van der Waals surface area contributed by atoms with Crippen molar-refractivity contribution in [3.8, 4) is 17.3 Å². The fourth-order valence-corrected chi connectivity index (χ4v) is 2.04. The number of aldehydes is 1. The molecular weight excluding hydrogens is 238 g/mol. The highest BCUT2D eigenvalue weighted by atomic mass is 16.1. The topological polar surface area (TPSA) is 58.2 Å². The average Bonchev–Trinajstić information content (AvgIpc) is 2.85. The van der Waals surface area contributed by atoms with Gasteiger partial charge in [-0.1, -0.05) is 18.2 Å². The van der Waals surface area contributed by atoms with E-state index in [9.17, 15) is 4.79 Å². The normalized spacial score (nSPS) is 10.3. The van der Waals surface area contributed by atoms with Crippen molar-refractivity contribution < 1.29 is 4.79 Å². The summed E-state index contributed by atoms with van der Waals surface area (Å²) in [5.41, 5.74) is 3.28. The maximum atomic E-state index is 11.3. The van der Waals surface area contributed by atoms with E-state index in [1.54, 1.807) is 34.9 Å². The molecule has 3 rings (SSSR count). The van der Waals surface area contributed by atoms with Gasteiger partial charge in [0.05, 0.1) is 11.6 Å². The molecular formula is C15H9N3O. The van der Waals surface area contributed by atoms with Gasteiger partial charge in [-0.05, 0) is 24.3 Å². The number of hydrogen-bond acceptors (Lipinski definition) is 3. The monoisotopic (exact) mass is 247 g/mol. The molecule has 0 saturated carbocycles. The fraction of sp³-hybridized carbons (Fsp3) is 0. The van der Waals surface area contributed by atoms with Crippen LogP contribution in [0.15, 0.2) is 48.7 Å². The predicted octanol–water partition coefficient (Wildman–Crippen LogP) is 2.69. The second-order valence-electron chi connectivity index (χ2n) is 4.08. The molecule has 4 heteroatoms. The van der Waals surface area contributed by atoms with Crippen LogP contribution in [0.25, 0.3) is 16.9 Å². The molecule has 0 atom stereocenters. The van der Waals surface area contributed by atoms with Gasteiger partial charge >= 0.3 is 0 Å². The summed E-state index contributed by atoms with van der Waals surface area (Å²) < 4.78 is 1.75. The molecule has 0 aliphatic heterocycles. The molecule has 90 valence electrons. The third-order valence-corrected chi connectivity index (χ3v) is 2.97. The number of hydrogen-bond donors (Lipinski definition) is 0. The van der Waals surface area contributed by atoms with Crippen LogP contribution >= 0.6 is 0 Å². The average molecular weight is 247 g/mol. The van der Waals surface area contributed by atoms with E-state index in [2.05, 4.69) is 11.1 Å². The smallest absolute Gasteiger partial charge is 0.169 e. The number of benzene rings is 1. The highest BCUT2D eigenvalue weighted by molar-refractivity contribution is 5.86. The number of carbonyl (C=O) groups is 1. The van der Waals surface area contributed by atoms with Crippen LogP contribution in [-0.2, 0) is 0 Å². The first kappa shape index (κ1) is 11.2. The third-order valence-electron chi connectivity index (χ3n) is 2.97. The van der Waals surface area contributed by atoms with Crippen LogP contribution in [0.5, 0.6) is 0 Å². The Balaban J connectivity index is 2.24. The standard InChI is InChI=1S/C15H9N3O/c16-9-11-4-6-12(7-5-11)15-13(10-19)18-8-2-1-3-14(18)17-15/h1-8,10H. The minimum atomic E-state index is 0.514. The molecule has 4 nitrogen and oxygen atoms in total. The molecule has 2 heterocycles. The lowest BCUT2D eigenvalue weighted by Gasteiger charge is -1.98. The van der Waals surface area contributed by atoms with Crippen LogP contribution in [0, 0.1) is 11.3 Å². The van der Waals surface area contributed by atoms with Crippen molar-refractivity contribution in [3.63, 3.8) is 0 Å². The molecule has 0 aliphatic carbocycles. The van der Waals surface area contributed by atoms with Gasteiger partial charge in [-0.25, -0.2) is 4.98 Å². The van der Waals surface area contributed by atoms with Crippen molar-refractivity contribution in [3.05, 3.63) is 59.9 Å². The van der Waals surface area contributed by atoms with E-state index >= 15 is 0 Å². The van der Waals surface area contributed by atoms with E-state index in [1.807, 2.05) is 18.2 Å². The molecule has 0 aliphatic rings. The van der Waals surface area contributed by atoms with E-state index in [0.29, 0.717) is 17.0 Å².